The minimum Gasteiger partial charge on any atom is -0.337 e. The number of hydrogen-bond acceptors (Lipinski definition) is 6. The molecule has 7 nitrogen and oxygen atoms in total. The van der Waals surface area contributed by atoms with E-state index in [-0.39, 0.29) is 11.7 Å². The monoisotopic (exact) mass is 234 g/mol. The maximum absolute atomic E-state index is 10.6. The van der Waals surface area contributed by atoms with E-state index < -0.39 is 4.92 Å². The Morgan fingerprint density at radius 2 is 2.29 bits per heavy atom. The van der Waals surface area contributed by atoms with Crippen LogP contribution < -0.4 is 5.73 Å². The summed E-state index contributed by atoms with van der Waals surface area (Å²) in [6.07, 6.45) is 0. The van der Waals surface area contributed by atoms with Crippen molar-refractivity contribution < 1.29 is 9.45 Å². The van der Waals surface area contributed by atoms with Crippen LogP contribution in [0.1, 0.15) is 18.9 Å². The lowest BCUT2D eigenvalue weighted by molar-refractivity contribution is -0.384. The van der Waals surface area contributed by atoms with Crippen LogP contribution in [0, 0.1) is 10.1 Å². The number of hydrogen-bond donors (Lipinski definition) is 1. The minimum absolute atomic E-state index is 0.0188. The topological polar surface area (TPSA) is 108 Å². The molecule has 0 aliphatic rings. The summed E-state index contributed by atoms with van der Waals surface area (Å²) in [4.78, 5) is 14.2. The number of non-ortho nitro benzene ring substituents is 1. The van der Waals surface area contributed by atoms with E-state index in [2.05, 4.69) is 10.1 Å². The highest BCUT2D eigenvalue weighted by molar-refractivity contribution is 5.58. The van der Waals surface area contributed by atoms with Crippen molar-refractivity contribution >= 4 is 5.69 Å². The SMILES string of the molecule is C[C@@H](N)c1nc(-c2cccc([N+](=O)[O-])c2)no1. The number of nitrogens with two attached hydrogens (primary N) is 1. The first-order chi connectivity index (χ1) is 8.08. The zero-order valence-electron chi connectivity index (χ0n) is 9.03. The third kappa shape index (κ3) is 2.28. The Labute approximate surface area is 96.4 Å². The van der Waals surface area contributed by atoms with Gasteiger partial charge < -0.3 is 10.3 Å². The molecule has 7 heteroatoms. The van der Waals surface area contributed by atoms with Crippen molar-refractivity contribution in [1.29, 1.82) is 0 Å². The third-order valence-electron chi connectivity index (χ3n) is 2.15. The molecule has 17 heavy (non-hydrogen) atoms. The summed E-state index contributed by atoms with van der Waals surface area (Å²) in [6.45, 7) is 1.71. The van der Waals surface area contributed by atoms with Crippen LogP contribution in [0.2, 0.25) is 0 Å². The molecule has 0 aliphatic heterocycles. The molecule has 2 N–H and O–H groups in total. The van der Waals surface area contributed by atoms with Crippen molar-refractivity contribution in [2.45, 2.75) is 13.0 Å². The molecule has 2 aromatic rings. The first kappa shape index (κ1) is 11.2. The summed E-state index contributed by atoms with van der Waals surface area (Å²) >= 11 is 0. The highest BCUT2D eigenvalue weighted by atomic mass is 16.6. The molecule has 0 spiro atoms. The van der Waals surface area contributed by atoms with Gasteiger partial charge in [-0.3, -0.25) is 10.1 Å². The molecular weight excluding hydrogens is 224 g/mol. The highest BCUT2D eigenvalue weighted by Crippen LogP contribution is 2.22. The van der Waals surface area contributed by atoms with Gasteiger partial charge in [-0.15, -0.1) is 0 Å². The zero-order chi connectivity index (χ0) is 12.4. The van der Waals surface area contributed by atoms with E-state index >= 15 is 0 Å². The Bertz CT molecular complexity index is 550. The van der Waals surface area contributed by atoms with Crippen LogP contribution in [-0.4, -0.2) is 15.1 Å². The smallest absolute Gasteiger partial charge is 0.270 e. The summed E-state index contributed by atoms with van der Waals surface area (Å²) in [5.74, 6) is 0.590. The maximum atomic E-state index is 10.6. The molecule has 0 saturated carbocycles. The molecule has 0 aliphatic carbocycles. The molecule has 88 valence electrons. The predicted octanol–water partition coefficient (Wildman–Crippen LogP) is 1.66. The first-order valence-electron chi connectivity index (χ1n) is 4.92. The molecule has 0 saturated heterocycles. The summed E-state index contributed by atoms with van der Waals surface area (Å²) in [6, 6.07) is 5.65. The Morgan fingerprint density at radius 1 is 1.53 bits per heavy atom. The molecule has 1 aromatic heterocycles. The Kier molecular flexibility index (Phi) is 2.84. The van der Waals surface area contributed by atoms with Crippen molar-refractivity contribution in [2.24, 2.45) is 5.73 Å². The van der Waals surface area contributed by atoms with Crippen LogP contribution >= 0.6 is 0 Å². The number of nitro groups is 1. The number of nitro benzene ring substituents is 1. The van der Waals surface area contributed by atoms with Crippen LogP contribution in [0.4, 0.5) is 5.69 Å². The normalized spacial score (nSPS) is 12.4. The lowest BCUT2D eigenvalue weighted by Gasteiger charge is -1.95. The molecule has 1 heterocycles. The lowest BCUT2D eigenvalue weighted by Crippen LogP contribution is -2.04. The summed E-state index contributed by atoms with van der Waals surface area (Å²) in [7, 11) is 0. The summed E-state index contributed by atoms with van der Waals surface area (Å²) in [5.41, 5.74) is 6.08. The second kappa shape index (κ2) is 4.30. The molecule has 2 rings (SSSR count). The van der Waals surface area contributed by atoms with E-state index in [9.17, 15) is 10.1 Å². The molecule has 1 aromatic carbocycles. The molecule has 0 amide bonds. The average Bonchev–Trinajstić information content (AvgIpc) is 2.78. The summed E-state index contributed by atoms with van der Waals surface area (Å²) < 4.78 is 4.92. The van der Waals surface area contributed by atoms with Crippen LogP contribution in [-0.2, 0) is 0 Å². The Hall–Kier alpha value is -2.28. The second-order valence-electron chi connectivity index (χ2n) is 3.55. The van der Waals surface area contributed by atoms with E-state index in [4.69, 9.17) is 10.3 Å². The Morgan fingerprint density at radius 3 is 2.88 bits per heavy atom. The lowest BCUT2D eigenvalue weighted by atomic mass is 10.2. The third-order valence-corrected chi connectivity index (χ3v) is 2.15. The fraction of sp³-hybridized carbons (Fsp3) is 0.200. The van der Waals surface area contributed by atoms with Gasteiger partial charge in [-0.05, 0) is 6.92 Å². The van der Waals surface area contributed by atoms with E-state index in [1.807, 2.05) is 0 Å². The molecular formula is C10H10N4O3. The fourth-order valence-electron chi connectivity index (χ4n) is 1.30. The van der Waals surface area contributed by atoms with E-state index in [0.29, 0.717) is 17.3 Å². The average molecular weight is 234 g/mol. The standard InChI is InChI=1S/C10H10N4O3/c1-6(11)10-12-9(13-17-10)7-3-2-4-8(5-7)14(15)16/h2-6H,11H2,1H3/t6-/m1/s1. The van der Waals surface area contributed by atoms with E-state index in [1.165, 1.54) is 12.1 Å². The van der Waals surface area contributed by atoms with Crippen LogP contribution in [0.3, 0.4) is 0 Å². The van der Waals surface area contributed by atoms with Gasteiger partial charge in [-0.1, -0.05) is 17.3 Å². The van der Waals surface area contributed by atoms with Crippen molar-refractivity contribution in [2.75, 3.05) is 0 Å². The highest BCUT2D eigenvalue weighted by Gasteiger charge is 2.14. The van der Waals surface area contributed by atoms with Gasteiger partial charge in [-0.25, -0.2) is 0 Å². The minimum atomic E-state index is -0.476. The quantitative estimate of drug-likeness (QED) is 0.639. The molecule has 0 bridgehead atoms. The van der Waals surface area contributed by atoms with E-state index in [1.54, 1.807) is 19.1 Å². The number of aromatic nitrogens is 2. The predicted molar refractivity (Wildman–Crippen MR) is 59.0 cm³/mol. The maximum Gasteiger partial charge on any atom is 0.270 e. The zero-order valence-corrected chi connectivity index (χ0v) is 9.03. The molecule has 0 fully saturated rings. The number of benzene rings is 1. The van der Waals surface area contributed by atoms with E-state index in [0.717, 1.165) is 0 Å². The Balaban J connectivity index is 2.38. The van der Waals surface area contributed by atoms with Gasteiger partial charge >= 0.3 is 0 Å². The fourth-order valence-corrected chi connectivity index (χ4v) is 1.30. The van der Waals surface area contributed by atoms with Crippen molar-refractivity contribution in [1.82, 2.24) is 10.1 Å². The van der Waals surface area contributed by atoms with Gasteiger partial charge in [0.25, 0.3) is 5.69 Å². The van der Waals surface area contributed by atoms with Gasteiger partial charge in [0.1, 0.15) is 0 Å². The van der Waals surface area contributed by atoms with Gasteiger partial charge in [0.15, 0.2) is 0 Å². The first-order valence-corrected chi connectivity index (χ1v) is 4.92. The van der Waals surface area contributed by atoms with Gasteiger partial charge in [0.2, 0.25) is 11.7 Å². The van der Waals surface area contributed by atoms with Gasteiger partial charge in [0.05, 0.1) is 11.0 Å². The van der Waals surface area contributed by atoms with Crippen molar-refractivity contribution in [3.8, 4) is 11.4 Å². The molecule has 1 atom stereocenters. The van der Waals surface area contributed by atoms with Crippen LogP contribution in [0.15, 0.2) is 28.8 Å². The van der Waals surface area contributed by atoms with Crippen LogP contribution in [0.25, 0.3) is 11.4 Å². The number of nitrogens with zero attached hydrogens (tertiary/aromatic N) is 3. The second-order valence-corrected chi connectivity index (χ2v) is 3.55. The molecule has 0 radical (unpaired) electrons. The van der Waals surface area contributed by atoms with Crippen LogP contribution in [0.5, 0.6) is 0 Å². The number of rotatable bonds is 3. The summed E-state index contributed by atoms with van der Waals surface area (Å²) in [5, 5.41) is 14.3. The van der Waals surface area contributed by atoms with Crippen molar-refractivity contribution in [3.05, 3.63) is 40.3 Å². The largest absolute Gasteiger partial charge is 0.337 e. The molecule has 0 unspecified atom stereocenters. The van der Waals surface area contributed by atoms with Gasteiger partial charge in [0, 0.05) is 17.7 Å². The van der Waals surface area contributed by atoms with Crippen molar-refractivity contribution in [3.63, 3.8) is 0 Å². The van der Waals surface area contributed by atoms with Gasteiger partial charge in [-0.2, -0.15) is 4.98 Å².